The van der Waals surface area contributed by atoms with E-state index in [-0.39, 0.29) is 11.9 Å². The summed E-state index contributed by atoms with van der Waals surface area (Å²) in [5, 5.41) is 12.6. The average Bonchev–Trinajstić information content (AvgIpc) is 3.48. The van der Waals surface area contributed by atoms with E-state index in [1.54, 1.807) is 12.4 Å². The van der Waals surface area contributed by atoms with Gasteiger partial charge < -0.3 is 5.32 Å². The predicted molar refractivity (Wildman–Crippen MR) is 115 cm³/mol. The Morgan fingerprint density at radius 1 is 1.17 bits per heavy atom. The number of rotatable bonds is 7. The van der Waals surface area contributed by atoms with E-state index in [0.29, 0.717) is 11.8 Å². The lowest BCUT2D eigenvalue weighted by atomic mass is 10.0. The van der Waals surface area contributed by atoms with Gasteiger partial charge in [0, 0.05) is 24.0 Å². The standard InChI is InChI=1S/C22H25N5OS/c1-14-4-5-18(12-15(14)2)16(3)24-20(28)13-29-22-26-25-21(27(22)19-6-7-19)17-8-10-23-11-9-17/h4-5,8-12,16,19H,6-7,13H2,1-3H3,(H,24,28)/t16-/m0/s1. The maximum absolute atomic E-state index is 12.5. The number of nitrogens with one attached hydrogen (secondary N) is 1. The number of hydrogen-bond acceptors (Lipinski definition) is 5. The molecule has 2 aromatic heterocycles. The number of thioether (sulfide) groups is 1. The van der Waals surface area contributed by atoms with E-state index in [0.717, 1.165) is 34.9 Å². The van der Waals surface area contributed by atoms with Gasteiger partial charge >= 0.3 is 0 Å². The van der Waals surface area contributed by atoms with Crippen LogP contribution >= 0.6 is 11.8 Å². The number of amides is 1. The minimum Gasteiger partial charge on any atom is -0.349 e. The molecule has 0 bridgehead atoms. The third-order valence-corrected chi connectivity index (χ3v) is 6.20. The zero-order valence-electron chi connectivity index (χ0n) is 16.9. The first-order valence-corrected chi connectivity index (χ1v) is 10.9. The van der Waals surface area contributed by atoms with Crippen LogP contribution in [0.15, 0.2) is 47.9 Å². The van der Waals surface area contributed by atoms with Crippen LogP contribution in [0.2, 0.25) is 0 Å². The first-order valence-electron chi connectivity index (χ1n) is 9.87. The van der Waals surface area contributed by atoms with Crippen molar-refractivity contribution in [2.24, 2.45) is 0 Å². The molecule has 1 N–H and O–H groups in total. The van der Waals surface area contributed by atoms with E-state index in [2.05, 4.69) is 57.1 Å². The van der Waals surface area contributed by atoms with Crippen molar-refractivity contribution in [2.45, 2.75) is 50.9 Å². The van der Waals surface area contributed by atoms with Crippen molar-refractivity contribution in [3.63, 3.8) is 0 Å². The molecule has 1 aliphatic carbocycles. The number of carbonyl (C=O) groups excluding carboxylic acids is 1. The number of pyridine rings is 1. The maximum atomic E-state index is 12.5. The summed E-state index contributed by atoms with van der Waals surface area (Å²) in [7, 11) is 0. The third-order valence-electron chi connectivity index (χ3n) is 5.26. The van der Waals surface area contributed by atoms with E-state index in [1.807, 2.05) is 19.1 Å². The van der Waals surface area contributed by atoms with Crippen molar-refractivity contribution in [3.05, 3.63) is 59.4 Å². The number of aromatic nitrogens is 4. The number of carbonyl (C=O) groups is 1. The summed E-state index contributed by atoms with van der Waals surface area (Å²) in [6.45, 7) is 6.20. The SMILES string of the molecule is Cc1ccc([C@H](C)NC(=O)CSc2nnc(-c3ccncc3)n2C2CC2)cc1C. The molecule has 1 atom stereocenters. The molecule has 0 radical (unpaired) electrons. The summed E-state index contributed by atoms with van der Waals surface area (Å²) in [4.78, 5) is 16.6. The van der Waals surface area contributed by atoms with Gasteiger partial charge in [-0.1, -0.05) is 30.0 Å². The lowest BCUT2D eigenvalue weighted by molar-refractivity contribution is -0.119. The fourth-order valence-corrected chi connectivity index (χ4v) is 4.08. The summed E-state index contributed by atoms with van der Waals surface area (Å²) < 4.78 is 2.17. The van der Waals surface area contributed by atoms with Crippen molar-refractivity contribution in [3.8, 4) is 11.4 Å². The van der Waals surface area contributed by atoms with Gasteiger partial charge in [0.2, 0.25) is 5.91 Å². The average molecular weight is 408 g/mol. The molecule has 2 heterocycles. The minimum absolute atomic E-state index is 0.00321. The molecular weight excluding hydrogens is 382 g/mol. The van der Waals surface area contributed by atoms with Crippen LogP contribution < -0.4 is 5.32 Å². The van der Waals surface area contributed by atoms with Gasteiger partial charge in [-0.05, 0) is 62.4 Å². The Bertz CT molecular complexity index is 1010. The van der Waals surface area contributed by atoms with Crippen LogP contribution in [0, 0.1) is 13.8 Å². The van der Waals surface area contributed by atoms with Crippen molar-refractivity contribution < 1.29 is 4.79 Å². The Hall–Kier alpha value is -2.67. The lowest BCUT2D eigenvalue weighted by Gasteiger charge is -2.15. The van der Waals surface area contributed by atoms with E-state index < -0.39 is 0 Å². The molecule has 4 rings (SSSR count). The minimum atomic E-state index is -0.0314. The second-order valence-corrected chi connectivity index (χ2v) is 8.51. The number of nitrogens with zero attached hydrogens (tertiary/aromatic N) is 4. The summed E-state index contributed by atoms with van der Waals surface area (Å²) in [5.74, 6) is 1.16. The Morgan fingerprint density at radius 2 is 1.93 bits per heavy atom. The maximum Gasteiger partial charge on any atom is 0.230 e. The molecule has 0 aliphatic heterocycles. The highest BCUT2D eigenvalue weighted by Gasteiger charge is 2.30. The van der Waals surface area contributed by atoms with Gasteiger partial charge in [-0.3, -0.25) is 14.3 Å². The fraction of sp³-hybridized carbons (Fsp3) is 0.364. The van der Waals surface area contributed by atoms with Crippen molar-refractivity contribution in [1.29, 1.82) is 0 Å². The number of benzene rings is 1. The van der Waals surface area contributed by atoms with Gasteiger partial charge in [0.1, 0.15) is 0 Å². The molecule has 1 amide bonds. The van der Waals surface area contributed by atoms with Crippen LogP contribution in [0.3, 0.4) is 0 Å². The fourth-order valence-electron chi connectivity index (χ4n) is 3.27. The van der Waals surface area contributed by atoms with E-state index in [9.17, 15) is 4.79 Å². The quantitative estimate of drug-likeness (QED) is 0.593. The topological polar surface area (TPSA) is 72.7 Å². The number of aryl methyl sites for hydroxylation is 2. The largest absolute Gasteiger partial charge is 0.349 e. The molecule has 1 aromatic carbocycles. The Morgan fingerprint density at radius 3 is 2.62 bits per heavy atom. The first-order chi connectivity index (χ1) is 14.0. The van der Waals surface area contributed by atoms with Crippen molar-refractivity contribution in [1.82, 2.24) is 25.1 Å². The van der Waals surface area contributed by atoms with Gasteiger partial charge in [-0.2, -0.15) is 0 Å². The summed E-state index contributed by atoms with van der Waals surface area (Å²) in [5.41, 5.74) is 4.61. The predicted octanol–water partition coefficient (Wildman–Crippen LogP) is 4.26. The third kappa shape index (κ3) is 4.50. The molecule has 1 saturated carbocycles. The van der Waals surface area contributed by atoms with Crippen LogP contribution in [0.1, 0.15) is 48.5 Å². The zero-order valence-corrected chi connectivity index (χ0v) is 17.7. The molecule has 1 aliphatic rings. The first kappa shape index (κ1) is 19.6. The number of hydrogen-bond donors (Lipinski definition) is 1. The van der Waals surface area contributed by atoms with Crippen molar-refractivity contribution in [2.75, 3.05) is 5.75 Å². The van der Waals surface area contributed by atoms with Gasteiger partial charge in [0.25, 0.3) is 0 Å². The Balaban J connectivity index is 1.42. The van der Waals surface area contributed by atoms with E-state index >= 15 is 0 Å². The van der Waals surface area contributed by atoms with E-state index in [1.165, 1.54) is 22.9 Å². The highest BCUT2D eigenvalue weighted by molar-refractivity contribution is 7.99. The van der Waals surface area contributed by atoms with Crippen LogP contribution in [0.4, 0.5) is 0 Å². The molecule has 3 aromatic rings. The molecule has 6 nitrogen and oxygen atoms in total. The molecule has 0 saturated heterocycles. The molecule has 150 valence electrons. The Labute approximate surface area is 175 Å². The van der Waals surface area contributed by atoms with Gasteiger partial charge in [0.15, 0.2) is 11.0 Å². The molecule has 29 heavy (non-hydrogen) atoms. The highest BCUT2D eigenvalue weighted by atomic mass is 32.2. The van der Waals surface area contributed by atoms with Crippen LogP contribution in [-0.2, 0) is 4.79 Å². The summed E-state index contributed by atoms with van der Waals surface area (Å²) >= 11 is 1.44. The smallest absolute Gasteiger partial charge is 0.230 e. The van der Waals surface area contributed by atoms with Crippen LogP contribution in [-0.4, -0.2) is 31.4 Å². The van der Waals surface area contributed by atoms with Gasteiger partial charge in [0.05, 0.1) is 11.8 Å². The monoisotopic (exact) mass is 407 g/mol. The van der Waals surface area contributed by atoms with Crippen LogP contribution in [0.5, 0.6) is 0 Å². The normalized spacial score (nSPS) is 14.6. The highest BCUT2D eigenvalue weighted by Crippen LogP contribution is 2.40. The molecule has 0 spiro atoms. The molecule has 1 fully saturated rings. The second-order valence-electron chi connectivity index (χ2n) is 7.56. The summed E-state index contributed by atoms with van der Waals surface area (Å²) in [6, 6.07) is 10.6. The van der Waals surface area contributed by atoms with Gasteiger partial charge in [-0.25, -0.2) is 0 Å². The molecule has 7 heteroatoms. The van der Waals surface area contributed by atoms with Gasteiger partial charge in [-0.15, -0.1) is 10.2 Å². The zero-order chi connectivity index (χ0) is 20.4. The second kappa shape index (κ2) is 8.37. The van der Waals surface area contributed by atoms with Crippen LogP contribution in [0.25, 0.3) is 11.4 Å². The molecule has 0 unspecified atom stereocenters. The Kier molecular flexibility index (Phi) is 5.67. The summed E-state index contributed by atoms with van der Waals surface area (Å²) in [6.07, 6.45) is 5.77. The van der Waals surface area contributed by atoms with Crippen molar-refractivity contribution >= 4 is 17.7 Å². The lowest BCUT2D eigenvalue weighted by Crippen LogP contribution is -2.28. The van der Waals surface area contributed by atoms with E-state index in [4.69, 9.17) is 0 Å². The molecular formula is C22H25N5OS.